The lowest BCUT2D eigenvalue weighted by Crippen LogP contribution is -2.30. The Morgan fingerprint density at radius 2 is 1.52 bits per heavy atom. The number of nitrogens with one attached hydrogen (secondary N) is 1. The van der Waals surface area contributed by atoms with Gasteiger partial charge >= 0.3 is 0 Å². The summed E-state index contributed by atoms with van der Waals surface area (Å²) >= 11 is 0. The summed E-state index contributed by atoms with van der Waals surface area (Å²) in [7, 11) is 0. The second-order valence-corrected chi connectivity index (χ2v) is 6.07. The van der Waals surface area contributed by atoms with Gasteiger partial charge in [0, 0.05) is 0 Å². The van der Waals surface area contributed by atoms with Crippen molar-refractivity contribution in [3.05, 3.63) is 78.9 Å². The van der Waals surface area contributed by atoms with Crippen LogP contribution >= 0.6 is 0 Å². The second-order valence-electron chi connectivity index (χ2n) is 6.07. The third-order valence-corrected chi connectivity index (χ3v) is 4.09. The van der Waals surface area contributed by atoms with Gasteiger partial charge in [0.15, 0.2) is 6.10 Å². The zero-order valence-electron chi connectivity index (χ0n) is 15.5. The highest BCUT2D eigenvalue weighted by Crippen LogP contribution is 2.25. The summed E-state index contributed by atoms with van der Waals surface area (Å²) in [6.45, 7) is 4.17. The maximum absolute atomic E-state index is 12.5. The number of amides is 1. The molecular formula is C23H23NO3. The SMILES string of the molecule is CCOc1ccccc1NC(=O)[C@@H](C)Oc1ccc(-c2ccccc2)cc1. The minimum absolute atomic E-state index is 0.228. The highest BCUT2D eigenvalue weighted by atomic mass is 16.5. The predicted octanol–water partition coefficient (Wildman–Crippen LogP) is 5.16. The molecule has 0 saturated carbocycles. The molecule has 3 aromatic rings. The van der Waals surface area contributed by atoms with E-state index in [4.69, 9.17) is 9.47 Å². The first-order valence-electron chi connectivity index (χ1n) is 9.02. The van der Waals surface area contributed by atoms with E-state index in [-0.39, 0.29) is 5.91 Å². The molecule has 3 aromatic carbocycles. The summed E-state index contributed by atoms with van der Waals surface area (Å²) < 4.78 is 11.3. The van der Waals surface area contributed by atoms with Crippen LogP contribution < -0.4 is 14.8 Å². The molecule has 0 aliphatic heterocycles. The van der Waals surface area contributed by atoms with Crippen LogP contribution in [0, 0.1) is 0 Å². The number of carbonyl (C=O) groups is 1. The first-order valence-corrected chi connectivity index (χ1v) is 9.02. The van der Waals surface area contributed by atoms with Gasteiger partial charge in [0.05, 0.1) is 12.3 Å². The van der Waals surface area contributed by atoms with Crippen LogP contribution in [0.4, 0.5) is 5.69 Å². The Balaban J connectivity index is 1.63. The minimum Gasteiger partial charge on any atom is -0.492 e. The summed E-state index contributed by atoms with van der Waals surface area (Å²) in [5.41, 5.74) is 2.88. The lowest BCUT2D eigenvalue weighted by Gasteiger charge is -2.16. The first kappa shape index (κ1) is 18.5. The van der Waals surface area contributed by atoms with Crippen molar-refractivity contribution < 1.29 is 14.3 Å². The largest absolute Gasteiger partial charge is 0.492 e. The van der Waals surface area contributed by atoms with Crippen molar-refractivity contribution in [2.24, 2.45) is 0 Å². The Morgan fingerprint density at radius 1 is 0.889 bits per heavy atom. The zero-order chi connectivity index (χ0) is 19.1. The fraction of sp³-hybridized carbons (Fsp3) is 0.174. The number of anilines is 1. The van der Waals surface area contributed by atoms with Crippen molar-refractivity contribution in [3.63, 3.8) is 0 Å². The van der Waals surface area contributed by atoms with Crippen LogP contribution in [0.3, 0.4) is 0 Å². The Morgan fingerprint density at radius 3 is 2.22 bits per heavy atom. The van der Waals surface area contributed by atoms with Crippen LogP contribution in [0.2, 0.25) is 0 Å². The molecule has 1 N–H and O–H groups in total. The average Bonchev–Trinajstić information content (AvgIpc) is 2.71. The van der Waals surface area contributed by atoms with Crippen LogP contribution in [0.5, 0.6) is 11.5 Å². The third kappa shape index (κ3) is 4.88. The summed E-state index contributed by atoms with van der Waals surface area (Å²) in [6.07, 6.45) is -0.637. The molecule has 4 nitrogen and oxygen atoms in total. The van der Waals surface area contributed by atoms with E-state index >= 15 is 0 Å². The van der Waals surface area contributed by atoms with Gasteiger partial charge in [0.1, 0.15) is 11.5 Å². The number of hydrogen-bond donors (Lipinski definition) is 1. The van der Waals surface area contributed by atoms with Gasteiger partial charge < -0.3 is 14.8 Å². The van der Waals surface area contributed by atoms with Crippen molar-refractivity contribution in [2.75, 3.05) is 11.9 Å². The van der Waals surface area contributed by atoms with Gasteiger partial charge in [-0.15, -0.1) is 0 Å². The summed E-state index contributed by atoms with van der Waals surface area (Å²) in [6, 6.07) is 25.2. The molecule has 0 aliphatic carbocycles. The number of ether oxygens (including phenoxy) is 2. The van der Waals surface area contributed by atoms with Gasteiger partial charge in [0.25, 0.3) is 5.91 Å². The second kappa shape index (κ2) is 8.90. The third-order valence-electron chi connectivity index (χ3n) is 4.09. The average molecular weight is 361 g/mol. The van der Waals surface area contributed by atoms with Crippen LogP contribution in [-0.4, -0.2) is 18.6 Å². The maximum atomic E-state index is 12.5. The molecule has 0 aromatic heterocycles. The smallest absolute Gasteiger partial charge is 0.265 e. The van der Waals surface area contributed by atoms with E-state index in [2.05, 4.69) is 17.4 Å². The maximum Gasteiger partial charge on any atom is 0.265 e. The molecule has 3 rings (SSSR count). The molecule has 0 unspecified atom stereocenters. The van der Waals surface area contributed by atoms with Crippen LogP contribution in [0.1, 0.15) is 13.8 Å². The Bertz CT molecular complexity index is 876. The minimum atomic E-state index is -0.637. The van der Waals surface area contributed by atoms with E-state index in [0.29, 0.717) is 23.8 Å². The quantitative estimate of drug-likeness (QED) is 0.632. The van der Waals surface area contributed by atoms with Gasteiger partial charge in [-0.2, -0.15) is 0 Å². The van der Waals surface area contributed by atoms with E-state index < -0.39 is 6.10 Å². The molecule has 1 amide bonds. The molecule has 0 aliphatic rings. The highest BCUT2D eigenvalue weighted by molar-refractivity contribution is 5.95. The topological polar surface area (TPSA) is 47.6 Å². The molecule has 0 fully saturated rings. The molecule has 27 heavy (non-hydrogen) atoms. The van der Waals surface area contributed by atoms with E-state index in [1.54, 1.807) is 6.92 Å². The normalized spacial score (nSPS) is 11.5. The molecule has 0 spiro atoms. The fourth-order valence-corrected chi connectivity index (χ4v) is 2.70. The number of rotatable bonds is 7. The standard InChI is InChI=1S/C23H23NO3/c1-3-26-22-12-8-7-11-21(22)24-23(25)17(2)27-20-15-13-19(14-16-20)18-9-5-4-6-10-18/h4-17H,3H2,1-2H3,(H,24,25)/t17-/m1/s1. The van der Waals surface area contributed by atoms with E-state index in [1.807, 2.05) is 73.7 Å². The Labute approximate surface area is 159 Å². The molecule has 0 radical (unpaired) electrons. The van der Waals surface area contributed by atoms with Gasteiger partial charge in [-0.3, -0.25) is 4.79 Å². The van der Waals surface area contributed by atoms with Gasteiger partial charge in [-0.25, -0.2) is 0 Å². The number of carbonyl (C=O) groups excluding carboxylic acids is 1. The molecule has 0 saturated heterocycles. The fourth-order valence-electron chi connectivity index (χ4n) is 2.70. The van der Waals surface area contributed by atoms with Gasteiger partial charge in [-0.1, -0.05) is 54.6 Å². The molecule has 0 bridgehead atoms. The van der Waals surface area contributed by atoms with Crippen LogP contribution in [0.25, 0.3) is 11.1 Å². The van der Waals surface area contributed by atoms with E-state index in [9.17, 15) is 4.79 Å². The highest BCUT2D eigenvalue weighted by Gasteiger charge is 2.16. The molecule has 4 heteroatoms. The Hall–Kier alpha value is -3.27. The Kier molecular flexibility index (Phi) is 6.10. The number of para-hydroxylation sites is 2. The van der Waals surface area contributed by atoms with Crippen LogP contribution in [0.15, 0.2) is 78.9 Å². The first-order chi connectivity index (χ1) is 13.2. The van der Waals surface area contributed by atoms with Crippen molar-refractivity contribution in [2.45, 2.75) is 20.0 Å². The van der Waals surface area contributed by atoms with Gasteiger partial charge in [0.2, 0.25) is 0 Å². The zero-order valence-corrected chi connectivity index (χ0v) is 15.5. The lowest BCUT2D eigenvalue weighted by atomic mass is 10.1. The van der Waals surface area contributed by atoms with Crippen LogP contribution in [-0.2, 0) is 4.79 Å². The summed E-state index contributed by atoms with van der Waals surface area (Å²) in [5.74, 6) is 1.07. The van der Waals surface area contributed by atoms with Crippen molar-refractivity contribution in [1.29, 1.82) is 0 Å². The lowest BCUT2D eigenvalue weighted by molar-refractivity contribution is -0.122. The predicted molar refractivity (Wildman–Crippen MR) is 108 cm³/mol. The summed E-state index contributed by atoms with van der Waals surface area (Å²) in [5, 5.41) is 2.86. The number of hydrogen-bond acceptors (Lipinski definition) is 3. The summed E-state index contributed by atoms with van der Waals surface area (Å²) in [4.78, 5) is 12.5. The van der Waals surface area contributed by atoms with E-state index in [0.717, 1.165) is 11.1 Å². The van der Waals surface area contributed by atoms with E-state index in [1.165, 1.54) is 0 Å². The monoisotopic (exact) mass is 361 g/mol. The number of benzene rings is 3. The molecule has 1 atom stereocenters. The molecule has 138 valence electrons. The molecular weight excluding hydrogens is 338 g/mol. The van der Waals surface area contributed by atoms with Gasteiger partial charge in [-0.05, 0) is 49.2 Å². The van der Waals surface area contributed by atoms with Crippen molar-refractivity contribution >= 4 is 11.6 Å². The van der Waals surface area contributed by atoms with Crippen molar-refractivity contribution in [3.8, 4) is 22.6 Å². The molecule has 0 heterocycles. The van der Waals surface area contributed by atoms with Crippen molar-refractivity contribution in [1.82, 2.24) is 0 Å².